The van der Waals surface area contributed by atoms with Crippen LogP contribution in [0.4, 0.5) is 5.69 Å². The molecule has 0 aliphatic carbocycles. The van der Waals surface area contributed by atoms with E-state index < -0.39 is 0 Å². The first-order valence-corrected chi connectivity index (χ1v) is 6.52. The normalized spacial score (nSPS) is 20.4. The Balaban J connectivity index is 1.96. The summed E-state index contributed by atoms with van der Waals surface area (Å²) in [4.78, 5) is 5.06. The Labute approximate surface area is 104 Å². The molecular formula is C14H23N3. The molecule has 1 heterocycles. The highest BCUT2D eigenvalue weighted by atomic mass is 15.3. The van der Waals surface area contributed by atoms with E-state index in [0.29, 0.717) is 6.04 Å². The predicted molar refractivity (Wildman–Crippen MR) is 73.0 cm³/mol. The van der Waals surface area contributed by atoms with Crippen molar-refractivity contribution in [3.8, 4) is 0 Å². The zero-order valence-corrected chi connectivity index (χ0v) is 10.9. The number of anilines is 1. The average Bonchev–Trinajstić information content (AvgIpc) is 2.39. The van der Waals surface area contributed by atoms with Crippen LogP contribution in [0.25, 0.3) is 0 Å². The quantitative estimate of drug-likeness (QED) is 0.810. The molecule has 0 aromatic heterocycles. The molecule has 0 amide bonds. The topological polar surface area (TPSA) is 32.5 Å². The Hall–Kier alpha value is -1.06. The fourth-order valence-electron chi connectivity index (χ4n) is 2.45. The van der Waals surface area contributed by atoms with Gasteiger partial charge in [-0.1, -0.05) is 19.1 Å². The first-order chi connectivity index (χ1) is 8.20. The van der Waals surface area contributed by atoms with Crippen LogP contribution in [0.15, 0.2) is 24.3 Å². The van der Waals surface area contributed by atoms with Crippen molar-refractivity contribution in [2.45, 2.75) is 19.9 Å². The zero-order valence-electron chi connectivity index (χ0n) is 10.9. The van der Waals surface area contributed by atoms with Gasteiger partial charge in [0.15, 0.2) is 0 Å². The molecule has 0 saturated carbocycles. The molecule has 1 aliphatic heterocycles. The van der Waals surface area contributed by atoms with Gasteiger partial charge >= 0.3 is 0 Å². The van der Waals surface area contributed by atoms with E-state index >= 15 is 0 Å². The Morgan fingerprint density at radius 1 is 1.12 bits per heavy atom. The molecule has 2 N–H and O–H groups in total. The van der Waals surface area contributed by atoms with Crippen LogP contribution in [0.5, 0.6) is 0 Å². The van der Waals surface area contributed by atoms with E-state index in [-0.39, 0.29) is 0 Å². The Morgan fingerprint density at radius 2 is 1.71 bits per heavy atom. The van der Waals surface area contributed by atoms with E-state index in [1.54, 1.807) is 0 Å². The summed E-state index contributed by atoms with van der Waals surface area (Å²) >= 11 is 0. The monoisotopic (exact) mass is 233 g/mol. The minimum absolute atomic E-state index is 0.495. The lowest BCUT2D eigenvalue weighted by Crippen LogP contribution is -2.46. The van der Waals surface area contributed by atoms with Crippen LogP contribution in [-0.2, 0) is 0 Å². The molecule has 3 nitrogen and oxygen atoms in total. The van der Waals surface area contributed by atoms with Crippen molar-refractivity contribution in [2.75, 3.05) is 38.5 Å². The molecule has 1 unspecified atom stereocenters. The van der Waals surface area contributed by atoms with Crippen LogP contribution in [0.2, 0.25) is 0 Å². The van der Waals surface area contributed by atoms with Gasteiger partial charge in [0.25, 0.3) is 0 Å². The Bertz CT molecular complexity index is 339. The lowest BCUT2D eigenvalue weighted by molar-refractivity contribution is 0.106. The highest BCUT2D eigenvalue weighted by molar-refractivity contribution is 5.40. The fraction of sp³-hybridized carbons (Fsp3) is 0.571. The molecule has 1 aliphatic rings. The lowest BCUT2D eigenvalue weighted by Gasteiger charge is -2.37. The van der Waals surface area contributed by atoms with Gasteiger partial charge in [-0.3, -0.25) is 4.90 Å². The number of benzene rings is 1. The summed E-state index contributed by atoms with van der Waals surface area (Å²) in [6.45, 7) is 10.4. The number of hydrogen-bond donors (Lipinski definition) is 1. The number of hydrogen-bond acceptors (Lipinski definition) is 3. The molecular weight excluding hydrogens is 210 g/mol. The van der Waals surface area contributed by atoms with Gasteiger partial charge < -0.3 is 10.6 Å². The molecule has 94 valence electrons. The number of nitrogens with zero attached hydrogens (tertiary/aromatic N) is 2. The molecule has 1 fully saturated rings. The second-order valence-corrected chi connectivity index (χ2v) is 4.81. The molecule has 2 rings (SSSR count). The molecule has 17 heavy (non-hydrogen) atoms. The molecule has 0 spiro atoms. The number of rotatable bonds is 3. The predicted octanol–water partition coefficient (Wildman–Crippen LogP) is 1.97. The summed E-state index contributed by atoms with van der Waals surface area (Å²) in [6.07, 6.45) is 0. The van der Waals surface area contributed by atoms with E-state index in [9.17, 15) is 0 Å². The summed E-state index contributed by atoms with van der Waals surface area (Å²) in [5.74, 6) is 0. The van der Waals surface area contributed by atoms with E-state index in [1.807, 2.05) is 12.1 Å². The molecule has 1 aromatic carbocycles. The van der Waals surface area contributed by atoms with E-state index in [4.69, 9.17) is 5.73 Å². The summed E-state index contributed by atoms with van der Waals surface area (Å²) in [7, 11) is 0. The van der Waals surface area contributed by atoms with E-state index in [2.05, 4.69) is 35.8 Å². The number of piperazine rings is 1. The van der Waals surface area contributed by atoms with Gasteiger partial charge in [-0.2, -0.15) is 0 Å². The fourth-order valence-corrected chi connectivity index (χ4v) is 2.45. The third-order valence-electron chi connectivity index (χ3n) is 3.82. The first-order valence-electron chi connectivity index (χ1n) is 6.52. The lowest BCUT2D eigenvalue weighted by atomic mass is 10.1. The van der Waals surface area contributed by atoms with Gasteiger partial charge in [0, 0.05) is 37.9 Å². The van der Waals surface area contributed by atoms with Crippen molar-refractivity contribution >= 4 is 5.69 Å². The number of nitrogens with two attached hydrogens (primary N) is 1. The Morgan fingerprint density at radius 3 is 2.24 bits per heavy atom. The second-order valence-electron chi connectivity index (χ2n) is 4.81. The van der Waals surface area contributed by atoms with Crippen molar-refractivity contribution in [1.82, 2.24) is 9.80 Å². The maximum atomic E-state index is 5.72. The summed E-state index contributed by atoms with van der Waals surface area (Å²) < 4.78 is 0. The van der Waals surface area contributed by atoms with Crippen molar-refractivity contribution in [1.29, 1.82) is 0 Å². The van der Waals surface area contributed by atoms with Crippen molar-refractivity contribution in [3.63, 3.8) is 0 Å². The standard InChI is InChI=1S/C14H23N3/c1-3-16-8-10-17(11-9-16)12(2)13-4-6-14(15)7-5-13/h4-7,12H,3,8-11,15H2,1-2H3. The van der Waals surface area contributed by atoms with Gasteiger partial charge in [-0.25, -0.2) is 0 Å². The first kappa shape index (κ1) is 12.4. The van der Waals surface area contributed by atoms with Crippen LogP contribution in [0, 0.1) is 0 Å². The van der Waals surface area contributed by atoms with Crippen LogP contribution in [-0.4, -0.2) is 42.5 Å². The summed E-state index contributed by atoms with van der Waals surface area (Å²) in [6, 6.07) is 8.77. The van der Waals surface area contributed by atoms with E-state index in [0.717, 1.165) is 5.69 Å². The largest absolute Gasteiger partial charge is 0.399 e. The minimum Gasteiger partial charge on any atom is -0.399 e. The Kier molecular flexibility index (Phi) is 4.02. The van der Waals surface area contributed by atoms with E-state index in [1.165, 1.54) is 38.3 Å². The van der Waals surface area contributed by atoms with Crippen LogP contribution in [0.1, 0.15) is 25.5 Å². The molecule has 3 heteroatoms. The van der Waals surface area contributed by atoms with Crippen molar-refractivity contribution < 1.29 is 0 Å². The van der Waals surface area contributed by atoms with Crippen molar-refractivity contribution in [3.05, 3.63) is 29.8 Å². The SMILES string of the molecule is CCN1CCN(C(C)c2ccc(N)cc2)CC1. The molecule has 1 aromatic rings. The summed E-state index contributed by atoms with van der Waals surface area (Å²) in [5, 5.41) is 0. The van der Waals surface area contributed by atoms with Gasteiger partial charge in [0.1, 0.15) is 0 Å². The van der Waals surface area contributed by atoms with Crippen molar-refractivity contribution in [2.24, 2.45) is 0 Å². The van der Waals surface area contributed by atoms with Gasteiger partial charge in [-0.15, -0.1) is 0 Å². The highest BCUT2D eigenvalue weighted by Crippen LogP contribution is 2.22. The maximum absolute atomic E-state index is 5.72. The molecule has 0 bridgehead atoms. The molecule has 1 atom stereocenters. The molecule has 0 radical (unpaired) electrons. The van der Waals surface area contributed by atoms with Crippen LogP contribution >= 0.6 is 0 Å². The smallest absolute Gasteiger partial charge is 0.0320 e. The third kappa shape index (κ3) is 2.99. The number of likely N-dealkylation sites (N-methyl/N-ethyl adjacent to an activating group) is 1. The van der Waals surface area contributed by atoms with Crippen LogP contribution in [0.3, 0.4) is 0 Å². The second kappa shape index (κ2) is 5.52. The zero-order chi connectivity index (χ0) is 12.3. The average molecular weight is 233 g/mol. The van der Waals surface area contributed by atoms with Gasteiger partial charge in [-0.05, 0) is 31.2 Å². The minimum atomic E-state index is 0.495. The van der Waals surface area contributed by atoms with Gasteiger partial charge in [0.05, 0.1) is 0 Å². The van der Waals surface area contributed by atoms with Gasteiger partial charge in [0.2, 0.25) is 0 Å². The molecule has 1 saturated heterocycles. The maximum Gasteiger partial charge on any atom is 0.0320 e. The summed E-state index contributed by atoms with van der Waals surface area (Å²) in [5.41, 5.74) is 7.93. The number of nitrogen functional groups attached to an aromatic ring is 1. The third-order valence-corrected chi connectivity index (χ3v) is 3.82. The highest BCUT2D eigenvalue weighted by Gasteiger charge is 2.20. The van der Waals surface area contributed by atoms with Crippen LogP contribution < -0.4 is 5.73 Å².